The molecule has 0 radical (unpaired) electrons. The van der Waals surface area contributed by atoms with Crippen molar-refractivity contribution in [2.24, 2.45) is 0 Å². The topological polar surface area (TPSA) is 52.7 Å². The molecular formula is C23H29N3O2. The molecule has 148 valence electrons. The number of nitrogens with one attached hydrogen (secondary N) is 1. The van der Waals surface area contributed by atoms with Gasteiger partial charge in [0.1, 0.15) is 0 Å². The summed E-state index contributed by atoms with van der Waals surface area (Å²) in [4.78, 5) is 29.6. The van der Waals surface area contributed by atoms with Gasteiger partial charge in [0.05, 0.1) is 12.5 Å². The van der Waals surface area contributed by atoms with Crippen LogP contribution in [0.25, 0.3) is 10.8 Å². The van der Waals surface area contributed by atoms with Gasteiger partial charge in [-0.25, -0.2) is 0 Å². The molecule has 2 fully saturated rings. The van der Waals surface area contributed by atoms with Crippen LogP contribution in [0.15, 0.2) is 42.5 Å². The van der Waals surface area contributed by atoms with Crippen molar-refractivity contribution in [3.05, 3.63) is 48.0 Å². The van der Waals surface area contributed by atoms with Gasteiger partial charge in [0.15, 0.2) is 0 Å². The van der Waals surface area contributed by atoms with Gasteiger partial charge in [0.25, 0.3) is 0 Å². The predicted octanol–water partition coefficient (Wildman–Crippen LogP) is 2.93. The number of likely N-dealkylation sites (tertiary alicyclic amines) is 1. The summed E-state index contributed by atoms with van der Waals surface area (Å²) in [6.45, 7) is 3.77. The van der Waals surface area contributed by atoms with E-state index in [-0.39, 0.29) is 24.3 Å². The second-order valence-corrected chi connectivity index (χ2v) is 7.96. The summed E-state index contributed by atoms with van der Waals surface area (Å²) in [7, 11) is 0. The quantitative estimate of drug-likeness (QED) is 0.889. The lowest BCUT2D eigenvalue weighted by atomic mass is 10.0. The molecule has 2 saturated heterocycles. The number of carbonyl (C=O) groups is 2. The highest BCUT2D eigenvalue weighted by molar-refractivity contribution is 5.89. The van der Waals surface area contributed by atoms with E-state index in [2.05, 4.69) is 40.5 Å². The first-order chi connectivity index (χ1) is 13.7. The highest BCUT2D eigenvalue weighted by Gasteiger charge is 2.33. The molecule has 2 aromatic carbocycles. The minimum atomic E-state index is -0.379. The molecule has 4 rings (SSSR count). The zero-order valence-electron chi connectivity index (χ0n) is 16.4. The van der Waals surface area contributed by atoms with Gasteiger partial charge in [0, 0.05) is 32.7 Å². The number of benzene rings is 2. The van der Waals surface area contributed by atoms with Crippen molar-refractivity contribution >= 4 is 22.6 Å². The van der Waals surface area contributed by atoms with Crippen molar-refractivity contribution in [2.45, 2.75) is 44.7 Å². The fraction of sp³-hybridized carbons (Fsp3) is 0.478. The van der Waals surface area contributed by atoms with Crippen LogP contribution in [-0.4, -0.2) is 53.8 Å². The van der Waals surface area contributed by atoms with E-state index in [1.807, 2.05) is 17.0 Å². The Morgan fingerprint density at radius 1 is 0.964 bits per heavy atom. The van der Waals surface area contributed by atoms with Gasteiger partial charge in [-0.2, -0.15) is 0 Å². The molecule has 1 unspecified atom stereocenters. The number of hydrogen-bond donors (Lipinski definition) is 1. The highest BCUT2D eigenvalue weighted by atomic mass is 16.2. The second kappa shape index (κ2) is 8.74. The Labute approximate surface area is 166 Å². The fourth-order valence-electron chi connectivity index (χ4n) is 4.36. The molecule has 2 heterocycles. The van der Waals surface area contributed by atoms with Gasteiger partial charge in [-0.15, -0.1) is 0 Å². The average Bonchev–Trinajstić information content (AvgIpc) is 3.00. The van der Waals surface area contributed by atoms with Gasteiger partial charge < -0.3 is 10.2 Å². The lowest BCUT2D eigenvalue weighted by Crippen LogP contribution is -2.56. The number of piperazine rings is 1. The second-order valence-electron chi connectivity index (χ2n) is 7.96. The summed E-state index contributed by atoms with van der Waals surface area (Å²) in [5.41, 5.74) is 1.18. The van der Waals surface area contributed by atoms with E-state index in [4.69, 9.17) is 0 Å². The zero-order chi connectivity index (χ0) is 19.3. The van der Waals surface area contributed by atoms with Crippen LogP contribution in [-0.2, 0) is 16.1 Å². The minimum Gasteiger partial charge on any atom is -0.353 e. The predicted molar refractivity (Wildman–Crippen MR) is 111 cm³/mol. The van der Waals surface area contributed by atoms with Crippen molar-refractivity contribution in [1.29, 1.82) is 0 Å². The first-order valence-electron chi connectivity index (χ1n) is 10.5. The first-order valence-corrected chi connectivity index (χ1v) is 10.5. The van der Waals surface area contributed by atoms with E-state index in [1.54, 1.807) is 0 Å². The SMILES string of the molecule is O=C1NCCN(Cc2ccc3ccccc3c2)C1CC(=O)N1CCCCCC1. The third kappa shape index (κ3) is 4.36. The standard InChI is InChI=1S/C23H29N3O2/c27-22(25-12-5-1-2-6-13-25)16-21-23(28)24-11-14-26(21)17-18-9-10-19-7-3-4-8-20(19)15-18/h3-4,7-10,15,21H,1-2,5-6,11-14,16-17H2,(H,24,28). The molecule has 0 aromatic heterocycles. The molecule has 0 spiro atoms. The molecule has 28 heavy (non-hydrogen) atoms. The number of amides is 2. The van der Waals surface area contributed by atoms with Gasteiger partial charge >= 0.3 is 0 Å². The van der Waals surface area contributed by atoms with Crippen molar-refractivity contribution in [3.63, 3.8) is 0 Å². The van der Waals surface area contributed by atoms with Crippen LogP contribution in [0.3, 0.4) is 0 Å². The number of carbonyl (C=O) groups excluding carboxylic acids is 2. The van der Waals surface area contributed by atoms with Gasteiger partial charge in [-0.1, -0.05) is 49.2 Å². The molecule has 5 heteroatoms. The smallest absolute Gasteiger partial charge is 0.237 e. The number of nitrogens with zero attached hydrogens (tertiary/aromatic N) is 2. The van der Waals surface area contributed by atoms with Crippen LogP contribution < -0.4 is 5.32 Å². The average molecular weight is 380 g/mol. The number of rotatable bonds is 4. The maximum atomic E-state index is 12.9. The lowest BCUT2D eigenvalue weighted by molar-refractivity contribution is -0.139. The Balaban J connectivity index is 1.47. The molecule has 5 nitrogen and oxygen atoms in total. The van der Waals surface area contributed by atoms with Gasteiger partial charge in [-0.05, 0) is 35.2 Å². The molecule has 2 aliphatic heterocycles. The van der Waals surface area contributed by atoms with Crippen molar-refractivity contribution in [1.82, 2.24) is 15.1 Å². The molecule has 2 amide bonds. The minimum absolute atomic E-state index is 0.0183. The summed E-state index contributed by atoms with van der Waals surface area (Å²) < 4.78 is 0. The van der Waals surface area contributed by atoms with Gasteiger partial charge in [-0.3, -0.25) is 14.5 Å². The van der Waals surface area contributed by atoms with Crippen molar-refractivity contribution in [2.75, 3.05) is 26.2 Å². The third-order valence-corrected chi connectivity index (χ3v) is 5.97. The summed E-state index contributed by atoms with van der Waals surface area (Å²) >= 11 is 0. The molecule has 0 bridgehead atoms. The molecule has 2 aromatic rings. The summed E-state index contributed by atoms with van der Waals surface area (Å²) in [5.74, 6) is 0.0997. The Hall–Kier alpha value is -2.40. The largest absolute Gasteiger partial charge is 0.353 e. The van der Waals surface area contributed by atoms with E-state index in [0.29, 0.717) is 13.1 Å². The Morgan fingerprint density at radius 2 is 1.71 bits per heavy atom. The Morgan fingerprint density at radius 3 is 2.50 bits per heavy atom. The Bertz CT molecular complexity index is 843. The van der Waals surface area contributed by atoms with Crippen LogP contribution in [0.5, 0.6) is 0 Å². The summed E-state index contributed by atoms with van der Waals surface area (Å²) in [6, 6.07) is 14.4. The van der Waals surface area contributed by atoms with Crippen LogP contribution in [0.1, 0.15) is 37.7 Å². The number of hydrogen-bond acceptors (Lipinski definition) is 3. The van der Waals surface area contributed by atoms with Crippen LogP contribution in [0, 0.1) is 0 Å². The normalized spacial score (nSPS) is 21.4. The summed E-state index contributed by atoms with van der Waals surface area (Å²) in [6.07, 6.45) is 4.82. The summed E-state index contributed by atoms with van der Waals surface area (Å²) in [5, 5.41) is 5.37. The first kappa shape index (κ1) is 18.9. The van der Waals surface area contributed by atoms with Crippen molar-refractivity contribution in [3.8, 4) is 0 Å². The zero-order valence-corrected chi connectivity index (χ0v) is 16.4. The third-order valence-electron chi connectivity index (χ3n) is 5.97. The Kier molecular flexibility index (Phi) is 5.91. The van der Waals surface area contributed by atoms with Crippen LogP contribution in [0.2, 0.25) is 0 Å². The van der Waals surface area contributed by atoms with Crippen LogP contribution in [0.4, 0.5) is 0 Å². The molecule has 0 saturated carbocycles. The molecule has 0 aliphatic carbocycles. The molecule has 2 aliphatic rings. The van der Waals surface area contributed by atoms with E-state index in [1.165, 1.54) is 29.2 Å². The fourth-order valence-corrected chi connectivity index (χ4v) is 4.36. The van der Waals surface area contributed by atoms with E-state index >= 15 is 0 Å². The van der Waals surface area contributed by atoms with E-state index < -0.39 is 0 Å². The lowest BCUT2D eigenvalue weighted by Gasteiger charge is -2.35. The van der Waals surface area contributed by atoms with Crippen molar-refractivity contribution < 1.29 is 9.59 Å². The number of fused-ring (bicyclic) bond motifs is 1. The maximum Gasteiger partial charge on any atom is 0.237 e. The highest BCUT2D eigenvalue weighted by Crippen LogP contribution is 2.20. The monoisotopic (exact) mass is 379 g/mol. The maximum absolute atomic E-state index is 12.9. The van der Waals surface area contributed by atoms with Gasteiger partial charge in [0.2, 0.25) is 11.8 Å². The van der Waals surface area contributed by atoms with E-state index in [9.17, 15) is 9.59 Å². The molecule has 1 N–H and O–H groups in total. The van der Waals surface area contributed by atoms with E-state index in [0.717, 1.165) is 32.5 Å². The molecule has 1 atom stereocenters. The molecular weight excluding hydrogens is 350 g/mol. The van der Waals surface area contributed by atoms with Crippen LogP contribution >= 0.6 is 0 Å².